The van der Waals surface area contributed by atoms with Crippen molar-refractivity contribution in [3.8, 4) is 11.3 Å². The fourth-order valence-corrected chi connectivity index (χ4v) is 2.16. The lowest BCUT2D eigenvalue weighted by Crippen LogP contribution is -2.12. The Labute approximate surface area is 131 Å². The molecule has 2 aromatic carbocycles. The third-order valence-corrected chi connectivity index (χ3v) is 3.37. The SMILES string of the molecule is Cc1cccc(C(=O)Nc2nonc2-c2ccc(Cl)cc2)c1. The number of amides is 1. The molecule has 22 heavy (non-hydrogen) atoms. The minimum atomic E-state index is -0.269. The van der Waals surface area contributed by atoms with Crippen molar-refractivity contribution in [3.05, 3.63) is 64.7 Å². The van der Waals surface area contributed by atoms with Crippen LogP contribution in [0.3, 0.4) is 0 Å². The molecule has 6 heteroatoms. The molecular formula is C16H12ClN3O2. The number of carbonyl (C=O) groups is 1. The Morgan fingerprint density at radius 1 is 1.14 bits per heavy atom. The smallest absolute Gasteiger partial charge is 0.256 e. The first-order chi connectivity index (χ1) is 10.6. The molecule has 3 rings (SSSR count). The highest BCUT2D eigenvalue weighted by Crippen LogP contribution is 2.26. The number of aryl methyl sites for hydroxylation is 1. The number of benzene rings is 2. The highest BCUT2D eigenvalue weighted by Gasteiger charge is 2.16. The molecule has 0 aliphatic rings. The number of nitrogens with zero attached hydrogens (tertiary/aromatic N) is 2. The van der Waals surface area contributed by atoms with Gasteiger partial charge in [-0.2, -0.15) is 0 Å². The molecule has 1 aromatic heterocycles. The first-order valence-electron chi connectivity index (χ1n) is 6.60. The number of anilines is 1. The van der Waals surface area contributed by atoms with E-state index in [-0.39, 0.29) is 11.7 Å². The van der Waals surface area contributed by atoms with Crippen LogP contribution in [-0.2, 0) is 0 Å². The Bertz CT molecular complexity index is 812. The Hall–Kier alpha value is -2.66. The van der Waals surface area contributed by atoms with E-state index in [9.17, 15) is 4.79 Å². The molecule has 0 unspecified atom stereocenters. The van der Waals surface area contributed by atoms with E-state index in [1.807, 2.05) is 19.1 Å². The van der Waals surface area contributed by atoms with Gasteiger partial charge in [-0.05, 0) is 41.5 Å². The van der Waals surface area contributed by atoms with Gasteiger partial charge in [0.05, 0.1) is 0 Å². The quantitative estimate of drug-likeness (QED) is 0.795. The summed E-state index contributed by atoms with van der Waals surface area (Å²) in [4.78, 5) is 12.3. The van der Waals surface area contributed by atoms with Crippen LogP contribution in [0.5, 0.6) is 0 Å². The van der Waals surface area contributed by atoms with E-state index in [4.69, 9.17) is 16.2 Å². The average Bonchev–Trinajstić information content (AvgIpc) is 2.96. The van der Waals surface area contributed by atoms with Crippen LogP contribution >= 0.6 is 11.6 Å². The maximum atomic E-state index is 12.3. The summed E-state index contributed by atoms with van der Waals surface area (Å²) in [6.07, 6.45) is 0. The van der Waals surface area contributed by atoms with Crippen LogP contribution < -0.4 is 5.32 Å². The highest BCUT2D eigenvalue weighted by atomic mass is 35.5. The van der Waals surface area contributed by atoms with Crippen molar-refractivity contribution < 1.29 is 9.42 Å². The van der Waals surface area contributed by atoms with Crippen LogP contribution in [0.1, 0.15) is 15.9 Å². The van der Waals surface area contributed by atoms with Crippen molar-refractivity contribution in [2.75, 3.05) is 5.32 Å². The molecule has 0 aliphatic carbocycles. The summed E-state index contributed by atoms with van der Waals surface area (Å²) in [6, 6.07) is 14.3. The second kappa shape index (κ2) is 5.99. The topological polar surface area (TPSA) is 68.0 Å². The second-order valence-electron chi connectivity index (χ2n) is 4.79. The van der Waals surface area contributed by atoms with Gasteiger partial charge in [0.1, 0.15) is 0 Å². The van der Waals surface area contributed by atoms with E-state index >= 15 is 0 Å². The minimum Gasteiger partial charge on any atom is -0.302 e. The van der Waals surface area contributed by atoms with E-state index in [1.165, 1.54) is 0 Å². The number of nitrogens with one attached hydrogen (secondary N) is 1. The lowest BCUT2D eigenvalue weighted by atomic mass is 10.1. The molecule has 1 amide bonds. The monoisotopic (exact) mass is 313 g/mol. The van der Waals surface area contributed by atoms with Gasteiger partial charge in [0.15, 0.2) is 5.69 Å². The van der Waals surface area contributed by atoms with E-state index in [0.717, 1.165) is 11.1 Å². The molecule has 0 spiro atoms. The van der Waals surface area contributed by atoms with E-state index in [0.29, 0.717) is 16.3 Å². The first kappa shape index (κ1) is 14.3. The molecule has 1 N–H and O–H groups in total. The molecule has 0 atom stereocenters. The number of hydrogen-bond donors (Lipinski definition) is 1. The maximum absolute atomic E-state index is 12.3. The van der Waals surface area contributed by atoms with Crippen molar-refractivity contribution in [1.82, 2.24) is 10.3 Å². The normalized spacial score (nSPS) is 10.5. The molecule has 110 valence electrons. The molecule has 0 radical (unpaired) electrons. The molecule has 0 fully saturated rings. The predicted molar refractivity (Wildman–Crippen MR) is 83.9 cm³/mol. The molecule has 1 heterocycles. The number of carbonyl (C=O) groups excluding carboxylic acids is 1. The Kier molecular flexibility index (Phi) is 3.89. The van der Waals surface area contributed by atoms with E-state index in [1.54, 1.807) is 36.4 Å². The Balaban J connectivity index is 1.86. The lowest BCUT2D eigenvalue weighted by molar-refractivity contribution is 0.102. The van der Waals surface area contributed by atoms with E-state index in [2.05, 4.69) is 15.6 Å². The lowest BCUT2D eigenvalue weighted by Gasteiger charge is -2.04. The van der Waals surface area contributed by atoms with Gasteiger partial charge in [-0.15, -0.1) is 0 Å². The van der Waals surface area contributed by atoms with Crippen molar-refractivity contribution in [2.24, 2.45) is 0 Å². The summed E-state index contributed by atoms with van der Waals surface area (Å²) in [5, 5.41) is 10.9. The highest BCUT2D eigenvalue weighted by molar-refractivity contribution is 6.30. The molecule has 5 nitrogen and oxygen atoms in total. The summed E-state index contributed by atoms with van der Waals surface area (Å²) in [5.74, 6) is 0.00319. The zero-order valence-electron chi connectivity index (χ0n) is 11.7. The average molecular weight is 314 g/mol. The van der Waals surface area contributed by atoms with Crippen LogP contribution in [0.15, 0.2) is 53.2 Å². The summed E-state index contributed by atoms with van der Waals surface area (Å²) in [6.45, 7) is 1.92. The Morgan fingerprint density at radius 3 is 2.64 bits per heavy atom. The van der Waals surface area contributed by atoms with Crippen LogP contribution in [0.4, 0.5) is 5.82 Å². The van der Waals surface area contributed by atoms with Gasteiger partial charge < -0.3 is 5.32 Å². The summed E-state index contributed by atoms with van der Waals surface area (Å²) in [7, 11) is 0. The van der Waals surface area contributed by atoms with Crippen LogP contribution in [0, 0.1) is 6.92 Å². The van der Waals surface area contributed by atoms with Gasteiger partial charge in [0.25, 0.3) is 5.91 Å². The van der Waals surface area contributed by atoms with Crippen molar-refractivity contribution in [1.29, 1.82) is 0 Å². The molecule has 0 aliphatic heterocycles. The van der Waals surface area contributed by atoms with Crippen molar-refractivity contribution in [3.63, 3.8) is 0 Å². The second-order valence-corrected chi connectivity index (χ2v) is 5.23. The third-order valence-electron chi connectivity index (χ3n) is 3.12. The first-order valence-corrected chi connectivity index (χ1v) is 6.98. The molecule has 0 saturated heterocycles. The zero-order chi connectivity index (χ0) is 15.5. The number of hydrogen-bond acceptors (Lipinski definition) is 4. The zero-order valence-corrected chi connectivity index (χ0v) is 12.5. The van der Waals surface area contributed by atoms with Gasteiger partial charge in [0.2, 0.25) is 5.82 Å². The summed E-state index contributed by atoms with van der Waals surface area (Å²) in [5.41, 5.74) is 2.76. The van der Waals surface area contributed by atoms with Crippen LogP contribution in [0.2, 0.25) is 5.02 Å². The fraction of sp³-hybridized carbons (Fsp3) is 0.0625. The van der Waals surface area contributed by atoms with Crippen LogP contribution in [-0.4, -0.2) is 16.2 Å². The van der Waals surface area contributed by atoms with Gasteiger partial charge in [-0.25, -0.2) is 4.63 Å². The Morgan fingerprint density at radius 2 is 1.91 bits per heavy atom. The van der Waals surface area contributed by atoms with Gasteiger partial charge in [-0.1, -0.05) is 41.4 Å². The number of aromatic nitrogens is 2. The predicted octanol–water partition coefficient (Wildman–Crippen LogP) is 3.95. The molecule has 0 bridgehead atoms. The largest absolute Gasteiger partial charge is 0.302 e. The van der Waals surface area contributed by atoms with Gasteiger partial charge in [0, 0.05) is 16.1 Å². The molecular weight excluding hydrogens is 302 g/mol. The minimum absolute atomic E-state index is 0.269. The number of rotatable bonds is 3. The third kappa shape index (κ3) is 2.99. The fourth-order valence-electron chi connectivity index (χ4n) is 2.03. The summed E-state index contributed by atoms with van der Waals surface area (Å²) >= 11 is 5.86. The van der Waals surface area contributed by atoms with E-state index < -0.39 is 0 Å². The van der Waals surface area contributed by atoms with Gasteiger partial charge in [-0.3, -0.25) is 4.79 Å². The number of halogens is 1. The summed E-state index contributed by atoms with van der Waals surface area (Å²) < 4.78 is 4.74. The molecule has 3 aromatic rings. The van der Waals surface area contributed by atoms with Crippen molar-refractivity contribution >= 4 is 23.3 Å². The van der Waals surface area contributed by atoms with Gasteiger partial charge >= 0.3 is 0 Å². The standard InChI is InChI=1S/C16H12ClN3O2/c1-10-3-2-4-12(9-10)16(21)18-15-14(19-22-20-15)11-5-7-13(17)8-6-11/h2-9H,1H3,(H,18,20,21). The van der Waals surface area contributed by atoms with Crippen LogP contribution in [0.25, 0.3) is 11.3 Å². The maximum Gasteiger partial charge on any atom is 0.256 e. The van der Waals surface area contributed by atoms with Crippen molar-refractivity contribution in [2.45, 2.75) is 6.92 Å². The molecule has 0 saturated carbocycles.